The molecule has 3 aromatic heterocycles. The third kappa shape index (κ3) is 2.04. The summed E-state index contributed by atoms with van der Waals surface area (Å²) in [6.07, 6.45) is 3.40. The lowest BCUT2D eigenvalue weighted by Gasteiger charge is -2.05. The highest BCUT2D eigenvalue weighted by Crippen LogP contribution is 2.27. The Morgan fingerprint density at radius 3 is 2.74 bits per heavy atom. The predicted octanol–water partition coefficient (Wildman–Crippen LogP) is 3.23. The molecule has 1 aromatic carbocycles. The summed E-state index contributed by atoms with van der Waals surface area (Å²) >= 11 is 6.08. The number of aromatic nitrogens is 4. The van der Waals surface area contributed by atoms with Crippen LogP contribution >= 0.6 is 11.6 Å². The van der Waals surface area contributed by atoms with Gasteiger partial charge in [-0.1, -0.05) is 17.7 Å². The van der Waals surface area contributed by atoms with Crippen molar-refractivity contribution in [2.75, 3.05) is 0 Å². The molecule has 114 valence electrons. The lowest BCUT2D eigenvalue weighted by molar-refractivity contribution is 0.808. The minimum Gasteiger partial charge on any atom is -0.339 e. The van der Waals surface area contributed by atoms with Gasteiger partial charge in [-0.2, -0.15) is 9.78 Å². The largest absolute Gasteiger partial charge is 0.339 e. The van der Waals surface area contributed by atoms with Crippen molar-refractivity contribution in [2.24, 2.45) is 7.05 Å². The van der Waals surface area contributed by atoms with Gasteiger partial charge in [0.1, 0.15) is 5.52 Å². The Labute approximate surface area is 136 Å². The molecular formula is C17H13ClN4O. The highest BCUT2D eigenvalue weighted by molar-refractivity contribution is 6.31. The van der Waals surface area contributed by atoms with Gasteiger partial charge in [0.15, 0.2) is 0 Å². The van der Waals surface area contributed by atoms with Crippen LogP contribution in [0.3, 0.4) is 0 Å². The van der Waals surface area contributed by atoms with Crippen LogP contribution in [0.2, 0.25) is 5.02 Å². The lowest BCUT2D eigenvalue weighted by Crippen LogP contribution is -2.22. The van der Waals surface area contributed by atoms with Crippen LogP contribution < -0.4 is 5.56 Å². The number of hydrogen-bond acceptors (Lipinski definition) is 3. The van der Waals surface area contributed by atoms with Gasteiger partial charge >= 0.3 is 0 Å². The van der Waals surface area contributed by atoms with Crippen LogP contribution in [-0.2, 0) is 7.05 Å². The molecule has 0 aliphatic carbocycles. The van der Waals surface area contributed by atoms with E-state index in [-0.39, 0.29) is 5.56 Å². The maximum atomic E-state index is 12.9. The van der Waals surface area contributed by atoms with E-state index in [4.69, 9.17) is 11.6 Å². The maximum absolute atomic E-state index is 12.9. The summed E-state index contributed by atoms with van der Waals surface area (Å²) in [6, 6.07) is 9.20. The molecule has 0 amide bonds. The Bertz CT molecular complexity index is 1130. The van der Waals surface area contributed by atoms with Crippen molar-refractivity contribution in [3.05, 3.63) is 63.8 Å². The minimum atomic E-state index is -0.164. The van der Waals surface area contributed by atoms with Crippen LogP contribution in [0, 0.1) is 6.92 Å². The van der Waals surface area contributed by atoms with E-state index in [0.717, 1.165) is 22.0 Å². The summed E-state index contributed by atoms with van der Waals surface area (Å²) < 4.78 is 3.27. The summed E-state index contributed by atoms with van der Waals surface area (Å²) in [6.45, 7) is 1.88. The van der Waals surface area contributed by atoms with Crippen molar-refractivity contribution in [1.82, 2.24) is 19.3 Å². The quantitative estimate of drug-likeness (QED) is 0.540. The zero-order chi connectivity index (χ0) is 16.1. The highest BCUT2D eigenvalue weighted by Gasteiger charge is 2.15. The molecule has 0 saturated carbocycles. The monoisotopic (exact) mass is 324 g/mol. The molecule has 0 radical (unpaired) electrons. The van der Waals surface area contributed by atoms with E-state index in [9.17, 15) is 4.79 Å². The molecule has 0 spiro atoms. The van der Waals surface area contributed by atoms with Crippen molar-refractivity contribution < 1.29 is 0 Å². The van der Waals surface area contributed by atoms with Gasteiger partial charge < -0.3 is 4.57 Å². The van der Waals surface area contributed by atoms with E-state index in [1.807, 2.05) is 42.8 Å². The number of pyridine rings is 1. The topological polar surface area (TPSA) is 52.7 Å². The molecule has 0 atom stereocenters. The number of halogens is 1. The molecule has 4 aromatic rings. The van der Waals surface area contributed by atoms with Gasteiger partial charge in [0.25, 0.3) is 5.56 Å². The summed E-state index contributed by atoms with van der Waals surface area (Å²) in [4.78, 5) is 17.1. The van der Waals surface area contributed by atoms with Crippen molar-refractivity contribution in [1.29, 1.82) is 0 Å². The molecule has 6 heteroatoms. The standard InChI is InChI=1S/C17H13ClN4O/c1-10-7-12(5-6-19-10)22-17(23)16-14(9-20-22)13-4-3-11(18)8-15(13)21(16)2/h3-9H,1-2H3. The second-order valence-electron chi connectivity index (χ2n) is 5.50. The average Bonchev–Trinajstić information content (AvgIpc) is 2.81. The third-order valence-electron chi connectivity index (χ3n) is 4.02. The van der Waals surface area contributed by atoms with Crippen molar-refractivity contribution in [2.45, 2.75) is 6.92 Å². The van der Waals surface area contributed by atoms with Gasteiger partial charge in [-0.3, -0.25) is 9.78 Å². The third-order valence-corrected chi connectivity index (χ3v) is 4.26. The van der Waals surface area contributed by atoms with Gasteiger partial charge in [-0.05, 0) is 31.2 Å². The van der Waals surface area contributed by atoms with E-state index < -0.39 is 0 Å². The SMILES string of the molecule is Cc1cc(-n2ncc3c4ccc(Cl)cc4n(C)c3c2=O)ccn1. The maximum Gasteiger partial charge on any atom is 0.296 e. The van der Waals surface area contributed by atoms with Crippen LogP contribution in [0.5, 0.6) is 0 Å². The normalized spacial score (nSPS) is 11.4. The molecular weight excluding hydrogens is 312 g/mol. The van der Waals surface area contributed by atoms with E-state index in [1.165, 1.54) is 4.68 Å². The zero-order valence-electron chi connectivity index (χ0n) is 12.6. The molecule has 0 bridgehead atoms. The first kappa shape index (κ1) is 14.0. The first-order valence-corrected chi connectivity index (χ1v) is 7.53. The fourth-order valence-electron chi connectivity index (χ4n) is 2.94. The van der Waals surface area contributed by atoms with E-state index >= 15 is 0 Å². The lowest BCUT2D eigenvalue weighted by atomic mass is 10.2. The Balaban J connectivity index is 2.11. The number of benzene rings is 1. The van der Waals surface area contributed by atoms with Gasteiger partial charge in [0.05, 0.1) is 17.4 Å². The average molecular weight is 325 g/mol. The second-order valence-corrected chi connectivity index (χ2v) is 5.94. The fraction of sp³-hybridized carbons (Fsp3) is 0.118. The summed E-state index contributed by atoms with van der Waals surface area (Å²) in [5, 5.41) is 6.77. The zero-order valence-corrected chi connectivity index (χ0v) is 13.4. The van der Waals surface area contributed by atoms with Gasteiger partial charge in [-0.25, -0.2) is 0 Å². The first-order valence-electron chi connectivity index (χ1n) is 7.15. The molecule has 0 unspecified atom stereocenters. The smallest absolute Gasteiger partial charge is 0.296 e. The molecule has 0 N–H and O–H groups in total. The van der Waals surface area contributed by atoms with Crippen LogP contribution in [0.25, 0.3) is 27.5 Å². The summed E-state index contributed by atoms with van der Waals surface area (Å²) in [7, 11) is 1.87. The van der Waals surface area contributed by atoms with Crippen molar-refractivity contribution in [3.63, 3.8) is 0 Å². The Morgan fingerprint density at radius 2 is 1.96 bits per heavy atom. The summed E-state index contributed by atoms with van der Waals surface area (Å²) in [5.74, 6) is 0. The number of fused-ring (bicyclic) bond motifs is 3. The summed E-state index contributed by atoms with van der Waals surface area (Å²) in [5.41, 5.74) is 2.89. The van der Waals surface area contributed by atoms with Crippen LogP contribution in [0.4, 0.5) is 0 Å². The Kier molecular flexibility index (Phi) is 2.99. The molecule has 4 rings (SSSR count). The fourth-order valence-corrected chi connectivity index (χ4v) is 3.11. The highest BCUT2D eigenvalue weighted by atomic mass is 35.5. The van der Waals surface area contributed by atoms with Gasteiger partial charge in [-0.15, -0.1) is 0 Å². The van der Waals surface area contributed by atoms with Crippen molar-refractivity contribution >= 4 is 33.4 Å². The molecule has 0 fully saturated rings. The minimum absolute atomic E-state index is 0.164. The second kappa shape index (κ2) is 4.93. The molecule has 23 heavy (non-hydrogen) atoms. The van der Waals surface area contributed by atoms with Gasteiger partial charge in [0, 0.05) is 34.7 Å². The molecule has 3 heterocycles. The first-order chi connectivity index (χ1) is 11.1. The molecule has 0 aliphatic rings. The van der Waals surface area contributed by atoms with E-state index in [0.29, 0.717) is 16.2 Å². The Morgan fingerprint density at radius 1 is 1.13 bits per heavy atom. The Hall–Kier alpha value is -2.66. The molecule has 5 nitrogen and oxygen atoms in total. The predicted molar refractivity (Wildman–Crippen MR) is 91.4 cm³/mol. The number of hydrogen-bond donors (Lipinski definition) is 0. The number of aryl methyl sites for hydroxylation is 2. The van der Waals surface area contributed by atoms with E-state index in [1.54, 1.807) is 18.5 Å². The van der Waals surface area contributed by atoms with Crippen LogP contribution in [-0.4, -0.2) is 19.3 Å². The van der Waals surface area contributed by atoms with Gasteiger partial charge in [0.2, 0.25) is 0 Å². The number of rotatable bonds is 1. The number of nitrogens with zero attached hydrogens (tertiary/aromatic N) is 4. The van der Waals surface area contributed by atoms with E-state index in [2.05, 4.69) is 10.1 Å². The molecule has 0 saturated heterocycles. The van der Waals surface area contributed by atoms with Crippen LogP contribution in [0.15, 0.2) is 47.5 Å². The van der Waals surface area contributed by atoms with Crippen molar-refractivity contribution in [3.8, 4) is 5.69 Å². The molecule has 0 aliphatic heterocycles. The van der Waals surface area contributed by atoms with Crippen LogP contribution in [0.1, 0.15) is 5.69 Å².